The molecule has 0 amide bonds. The van der Waals surface area contributed by atoms with Crippen molar-refractivity contribution in [2.45, 2.75) is 71.6 Å². The summed E-state index contributed by atoms with van der Waals surface area (Å²) in [5.41, 5.74) is 5.91. The zero-order valence-corrected chi connectivity index (χ0v) is 16.1. The number of carbonyl (C=O) groups excluding carboxylic acids is 2. The molecule has 134 valence electrons. The number of rotatable bonds is 8. The number of carbonyl (C=O) groups is 2. The fraction of sp³-hybridized carbons (Fsp3) is 0.889. The second kappa shape index (κ2) is 9.07. The van der Waals surface area contributed by atoms with Gasteiger partial charge in [0.2, 0.25) is 0 Å². The molecule has 1 aliphatic rings. The molecule has 0 heterocycles. The van der Waals surface area contributed by atoms with Crippen LogP contribution in [0.4, 0.5) is 0 Å². The minimum atomic E-state index is -0.609. The van der Waals surface area contributed by atoms with Crippen LogP contribution in [0.25, 0.3) is 0 Å². The van der Waals surface area contributed by atoms with Crippen LogP contribution in [0.1, 0.15) is 60.3 Å². The standard InChI is InChI=1S/C18H33NO3S/c1-6-22-17(21)14(19)11-23-13(3)10-15(20)16-12(2)8-7-9-18(16,4)5/h12-14,16H,6-11,19H2,1-5H3. The predicted octanol–water partition coefficient (Wildman–Crippen LogP) is 3.42. The number of hydrogen-bond acceptors (Lipinski definition) is 5. The van der Waals surface area contributed by atoms with Gasteiger partial charge < -0.3 is 10.5 Å². The van der Waals surface area contributed by atoms with E-state index >= 15 is 0 Å². The maximum absolute atomic E-state index is 12.8. The van der Waals surface area contributed by atoms with Crippen LogP contribution in [0.2, 0.25) is 0 Å². The quantitative estimate of drug-likeness (QED) is 0.684. The molecule has 1 saturated carbocycles. The van der Waals surface area contributed by atoms with Gasteiger partial charge in [-0.05, 0) is 31.1 Å². The molecular weight excluding hydrogens is 310 g/mol. The highest BCUT2D eigenvalue weighted by atomic mass is 32.2. The van der Waals surface area contributed by atoms with Crippen LogP contribution in [0.15, 0.2) is 0 Å². The van der Waals surface area contributed by atoms with E-state index in [0.29, 0.717) is 30.5 Å². The van der Waals surface area contributed by atoms with Gasteiger partial charge in [-0.1, -0.05) is 34.1 Å². The molecule has 0 spiro atoms. The first kappa shape index (κ1) is 20.5. The Morgan fingerprint density at radius 1 is 1.39 bits per heavy atom. The summed E-state index contributed by atoms with van der Waals surface area (Å²) >= 11 is 1.59. The van der Waals surface area contributed by atoms with Crippen molar-refractivity contribution in [1.29, 1.82) is 0 Å². The summed E-state index contributed by atoms with van der Waals surface area (Å²) in [5.74, 6) is 1.12. The lowest BCUT2D eigenvalue weighted by atomic mass is 9.62. The van der Waals surface area contributed by atoms with Gasteiger partial charge in [0, 0.05) is 23.3 Å². The van der Waals surface area contributed by atoms with E-state index in [2.05, 4.69) is 20.8 Å². The molecule has 0 radical (unpaired) electrons. The molecule has 5 heteroatoms. The molecule has 1 fully saturated rings. The van der Waals surface area contributed by atoms with Crippen LogP contribution in [0.3, 0.4) is 0 Å². The second-order valence-corrected chi connectivity index (χ2v) is 8.98. The van der Waals surface area contributed by atoms with Crippen molar-refractivity contribution < 1.29 is 14.3 Å². The maximum Gasteiger partial charge on any atom is 0.323 e. The van der Waals surface area contributed by atoms with Crippen molar-refractivity contribution in [3.05, 3.63) is 0 Å². The van der Waals surface area contributed by atoms with E-state index in [0.717, 1.165) is 12.8 Å². The number of Topliss-reactive ketones (excluding diaryl/α,β-unsaturated/α-hetero) is 1. The van der Waals surface area contributed by atoms with Crippen molar-refractivity contribution in [3.63, 3.8) is 0 Å². The van der Waals surface area contributed by atoms with Crippen molar-refractivity contribution in [2.24, 2.45) is 23.0 Å². The average molecular weight is 344 g/mol. The van der Waals surface area contributed by atoms with E-state index in [4.69, 9.17) is 10.5 Å². The third kappa shape index (κ3) is 6.11. The van der Waals surface area contributed by atoms with Gasteiger partial charge in [0.1, 0.15) is 11.8 Å². The van der Waals surface area contributed by atoms with E-state index in [-0.39, 0.29) is 22.6 Å². The molecule has 0 aromatic carbocycles. The van der Waals surface area contributed by atoms with Gasteiger partial charge in [-0.3, -0.25) is 9.59 Å². The molecule has 0 aliphatic heterocycles. The lowest BCUT2D eigenvalue weighted by Crippen LogP contribution is -2.40. The number of ether oxygens (including phenoxy) is 1. The van der Waals surface area contributed by atoms with E-state index < -0.39 is 6.04 Å². The summed E-state index contributed by atoms with van der Waals surface area (Å²) in [6.07, 6.45) is 4.05. The van der Waals surface area contributed by atoms with Crippen molar-refractivity contribution in [3.8, 4) is 0 Å². The van der Waals surface area contributed by atoms with Crippen LogP contribution in [0.5, 0.6) is 0 Å². The Bertz CT molecular complexity index is 411. The Morgan fingerprint density at radius 2 is 2.04 bits per heavy atom. The fourth-order valence-electron chi connectivity index (χ4n) is 3.78. The molecule has 0 saturated heterocycles. The molecule has 0 aromatic rings. The Morgan fingerprint density at radius 3 is 2.61 bits per heavy atom. The highest BCUT2D eigenvalue weighted by Crippen LogP contribution is 2.45. The number of hydrogen-bond donors (Lipinski definition) is 1. The van der Waals surface area contributed by atoms with E-state index in [1.54, 1.807) is 18.7 Å². The zero-order valence-electron chi connectivity index (χ0n) is 15.3. The normalized spacial score (nSPS) is 26.3. The van der Waals surface area contributed by atoms with Gasteiger partial charge in [0.05, 0.1) is 6.61 Å². The van der Waals surface area contributed by atoms with Gasteiger partial charge in [-0.15, -0.1) is 0 Å². The van der Waals surface area contributed by atoms with E-state index in [1.165, 1.54) is 6.42 Å². The van der Waals surface area contributed by atoms with Crippen LogP contribution >= 0.6 is 11.8 Å². The molecule has 2 N–H and O–H groups in total. The van der Waals surface area contributed by atoms with Crippen LogP contribution < -0.4 is 5.73 Å². The Balaban J connectivity index is 2.48. The van der Waals surface area contributed by atoms with E-state index in [1.807, 2.05) is 6.92 Å². The van der Waals surface area contributed by atoms with E-state index in [9.17, 15) is 9.59 Å². The SMILES string of the molecule is CCOC(=O)C(N)CSC(C)CC(=O)C1C(C)CCCC1(C)C. The van der Waals surface area contributed by atoms with Crippen molar-refractivity contribution in [2.75, 3.05) is 12.4 Å². The highest BCUT2D eigenvalue weighted by molar-refractivity contribution is 7.99. The smallest absolute Gasteiger partial charge is 0.323 e. The van der Waals surface area contributed by atoms with Crippen molar-refractivity contribution >= 4 is 23.5 Å². The number of esters is 1. The lowest BCUT2D eigenvalue weighted by molar-refractivity contribution is -0.144. The first-order chi connectivity index (χ1) is 10.7. The highest BCUT2D eigenvalue weighted by Gasteiger charge is 2.41. The summed E-state index contributed by atoms with van der Waals surface area (Å²) in [7, 11) is 0. The molecule has 4 atom stereocenters. The van der Waals surface area contributed by atoms with Gasteiger partial charge >= 0.3 is 5.97 Å². The van der Waals surface area contributed by atoms with Gasteiger partial charge in [0.25, 0.3) is 0 Å². The largest absolute Gasteiger partial charge is 0.465 e. The number of thioether (sulfide) groups is 1. The van der Waals surface area contributed by atoms with Gasteiger partial charge in [-0.25, -0.2) is 0 Å². The minimum Gasteiger partial charge on any atom is -0.465 e. The zero-order chi connectivity index (χ0) is 17.6. The Kier molecular flexibility index (Phi) is 8.08. The first-order valence-electron chi connectivity index (χ1n) is 8.75. The van der Waals surface area contributed by atoms with Gasteiger partial charge in [-0.2, -0.15) is 11.8 Å². The van der Waals surface area contributed by atoms with Crippen LogP contribution in [0, 0.1) is 17.3 Å². The fourth-order valence-corrected chi connectivity index (χ4v) is 4.73. The summed E-state index contributed by atoms with van der Waals surface area (Å²) in [5, 5.41) is 0.174. The molecule has 0 bridgehead atoms. The average Bonchev–Trinajstić information content (AvgIpc) is 2.43. The molecular formula is C18H33NO3S. The topological polar surface area (TPSA) is 69.4 Å². The molecule has 0 aromatic heterocycles. The Labute approximate surface area is 145 Å². The summed E-state index contributed by atoms with van der Waals surface area (Å²) in [6.45, 7) is 10.8. The molecule has 23 heavy (non-hydrogen) atoms. The van der Waals surface area contributed by atoms with Gasteiger partial charge in [0.15, 0.2) is 0 Å². The van der Waals surface area contributed by atoms with Crippen LogP contribution in [-0.2, 0) is 14.3 Å². The second-order valence-electron chi connectivity index (χ2n) is 7.51. The monoisotopic (exact) mass is 343 g/mol. The lowest BCUT2D eigenvalue weighted by Gasteiger charge is -2.42. The Hall–Kier alpha value is -0.550. The van der Waals surface area contributed by atoms with Crippen molar-refractivity contribution in [1.82, 2.24) is 0 Å². The summed E-state index contributed by atoms with van der Waals surface area (Å²) in [6, 6.07) is -0.609. The molecule has 1 aliphatic carbocycles. The minimum absolute atomic E-state index is 0.0977. The maximum atomic E-state index is 12.8. The molecule has 4 nitrogen and oxygen atoms in total. The summed E-state index contributed by atoms with van der Waals surface area (Å²) in [4.78, 5) is 24.3. The summed E-state index contributed by atoms with van der Waals surface area (Å²) < 4.78 is 4.91. The molecule has 4 unspecified atom stereocenters. The third-order valence-corrected chi connectivity index (χ3v) is 6.16. The predicted molar refractivity (Wildman–Crippen MR) is 96.4 cm³/mol. The number of nitrogens with two attached hydrogens (primary N) is 1. The first-order valence-corrected chi connectivity index (χ1v) is 9.80. The molecule has 1 rings (SSSR count). The van der Waals surface area contributed by atoms with Crippen LogP contribution in [-0.4, -0.2) is 35.4 Å². The number of ketones is 1. The third-order valence-electron chi connectivity index (χ3n) is 4.88.